The van der Waals surface area contributed by atoms with E-state index in [0.717, 1.165) is 25.0 Å². The molecule has 1 saturated carbocycles. The van der Waals surface area contributed by atoms with Gasteiger partial charge in [0.2, 0.25) is 0 Å². The lowest BCUT2D eigenvalue weighted by atomic mass is 9.94. The average Bonchev–Trinajstić information content (AvgIpc) is 2.72. The van der Waals surface area contributed by atoms with E-state index in [9.17, 15) is 5.11 Å². The maximum absolute atomic E-state index is 10.1. The third-order valence-corrected chi connectivity index (χ3v) is 5.53. The second-order valence-electron chi connectivity index (χ2n) is 5.27. The van der Waals surface area contributed by atoms with Crippen molar-refractivity contribution in [2.75, 3.05) is 5.75 Å². The van der Waals surface area contributed by atoms with Crippen LogP contribution < -0.4 is 0 Å². The number of hydrogen-bond acceptors (Lipinski definition) is 4. The second kappa shape index (κ2) is 3.13. The summed E-state index contributed by atoms with van der Waals surface area (Å²) in [6, 6.07) is 0. The van der Waals surface area contributed by atoms with Crippen LogP contribution in [0.15, 0.2) is 0 Å². The van der Waals surface area contributed by atoms with Gasteiger partial charge in [0.1, 0.15) is 6.10 Å². The van der Waals surface area contributed by atoms with Crippen LogP contribution in [0, 0.1) is 0 Å². The van der Waals surface area contributed by atoms with Gasteiger partial charge >= 0.3 is 0 Å². The van der Waals surface area contributed by atoms with Gasteiger partial charge in [0, 0.05) is 5.75 Å². The molecule has 0 aromatic heterocycles. The molecule has 0 unspecified atom stereocenters. The predicted molar refractivity (Wildman–Crippen MR) is 58.9 cm³/mol. The molecule has 0 aromatic carbocycles. The molecule has 2 saturated heterocycles. The first-order valence-corrected chi connectivity index (χ1v) is 6.70. The number of thioether (sulfide) groups is 1. The van der Waals surface area contributed by atoms with Crippen molar-refractivity contribution in [2.45, 2.75) is 62.0 Å². The molecule has 4 atom stereocenters. The summed E-state index contributed by atoms with van der Waals surface area (Å²) < 4.78 is 11.8. The summed E-state index contributed by atoms with van der Waals surface area (Å²) in [4.78, 5) is 0. The zero-order valence-corrected chi connectivity index (χ0v) is 10.0. The molecule has 0 bridgehead atoms. The van der Waals surface area contributed by atoms with Crippen LogP contribution in [0.2, 0.25) is 0 Å². The Balaban J connectivity index is 1.88. The summed E-state index contributed by atoms with van der Waals surface area (Å²) >= 11 is 1.85. The van der Waals surface area contributed by atoms with E-state index in [4.69, 9.17) is 9.47 Å². The highest BCUT2D eigenvalue weighted by Gasteiger charge is 2.61. The largest absolute Gasteiger partial charge is 0.392 e. The SMILES string of the molecule is CC1(C)O[C@H]2CS[C@@]3(CCC[C@H]3O)[C@H]2O1. The summed E-state index contributed by atoms with van der Waals surface area (Å²) in [5, 5.41) is 10.1. The van der Waals surface area contributed by atoms with Crippen LogP contribution in [0.1, 0.15) is 33.1 Å². The van der Waals surface area contributed by atoms with Crippen LogP contribution in [0.4, 0.5) is 0 Å². The molecule has 2 heterocycles. The van der Waals surface area contributed by atoms with E-state index < -0.39 is 5.79 Å². The van der Waals surface area contributed by atoms with Crippen molar-refractivity contribution in [3.05, 3.63) is 0 Å². The first kappa shape index (κ1) is 10.4. The zero-order chi connectivity index (χ0) is 10.7. The van der Waals surface area contributed by atoms with Gasteiger partial charge in [-0.05, 0) is 33.1 Å². The Kier molecular flexibility index (Phi) is 2.16. The van der Waals surface area contributed by atoms with Crippen LogP contribution in [-0.2, 0) is 9.47 Å². The molecule has 3 aliphatic rings. The maximum Gasteiger partial charge on any atom is 0.163 e. The quantitative estimate of drug-likeness (QED) is 0.685. The minimum absolute atomic E-state index is 0.0710. The lowest BCUT2D eigenvalue weighted by molar-refractivity contribution is -0.150. The second-order valence-corrected chi connectivity index (χ2v) is 6.65. The van der Waals surface area contributed by atoms with Crippen molar-refractivity contribution in [2.24, 2.45) is 0 Å². The highest BCUT2D eigenvalue weighted by atomic mass is 32.2. The average molecular weight is 230 g/mol. The third kappa shape index (κ3) is 1.38. The van der Waals surface area contributed by atoms with Crippen LogP contribution in [0.25, 0.3) is 0 Å². The van der Waals surface area contributed by atoms with Gasteiger partial charge in [-0.15, -0.1) is 11.8 Å². The van der Waals surface area contributed by atoms with Gasteiger partial charge in [0.05, 0.1) is 17.0 Å². The lowest BCUT2D eigenvalue weighted by Gasteiger charge is -2.33. The van der Waals surface area contributed by atoms with Crippen LogP contribution in [0.3, 0.4) is 0 Å². The fourth-order valence-corrected chi connectivity index (χ4v) is 4.85. The number of fused-ring (bicyclic) bond motifs is 2. The van der Waals surface area contributed by atoms with Gasteiger partial charge in [-0.3, -0.25) is 0 Å². The van der Waals surface area contributed by atoms with Crippen molar-refractivity contribution in [1.82, 2.24) is 0 Å². The molecule has 1 aliphatic carbocycles. The Bertz CT molecular complexity index is 281. The normalized spacial score (nSPS) is 52.6. The molecule has 4 heteroatoms. The van der Waals surface area contributed by atoms with E-state index in [0.29, 0.717) is 0 Å². The Morgan fingerprint density at radius 1 is 1.33 bits per heavy atom. The minimum atomic E-state index is -0.467. The first-order valence-electron chi connectivity index (χ1n) is 5.71. The zero-order valence-electron chi connectivity index (χ0n) is 9.23. The number of aliphatic hydroxyl groups is 1. The molecule has 1 spiro atoms. The molecule has 0 radical (unpaired) electrons. The molecular formula is C11H18O3S. The van der Waals surface area contributed by atoms with E-state index in [-0.39, 0.29) is 23.1 Å². The van der Waals surface area contributed by atoms with Crippen molar-refractivity contribution >= 4 is 11.8 Å². The summed E-state index contributed by atoms with van der Waals surface area (Å²) in [6.45, 7) is 3.93. The predicted octanol–water partition coefficient (Wildman–Crippen LogP) is 1.54. The van der Waals surface area contributed by atoms with Gasteiger partial charge in [-0.25, -0.2) is 0 Å². The monoisotopic (exact) mass is 230 g/mol. The van der Waals surface area contributed by atoms with E-state index in [1.165, 1.54) is 0 Å². The van der Waals surface area contributed by atoms with E-state index in [1.54, 1.807) is 0 Å². The van der Waals surface area contributed by atoms with Crippen molar-refractivity contribution in [3.63, 3.8) is 0 Å². The van der Waals surface area contributed by atoms with Crippen molar-refractivity contribution < 1.29 is 14.6 Å². The Morgan fingerprint density at radius 2 is 2.13 bits per heavy atom. The summed E-state index contributed by atoms with van der Waals surface area (Å²) in [6.07, 6.45) is 3.16. The van der Waals surface area contributed by atoms with Crippen molar-refractivity contribution in [3.8, 4) is 0 Å². The Labute approximate surface area is 94.5 Å². The third-order valence-electron chi connectivity index (χ3n) is 3.79. The fourth-order valence-electron chi connectivity index (χ4n) is 3.17. The maximum atomic E-state index is 10.1. The summed E-state index contributed by atoms with van der Waals surface area (Å²) in [5.74, 6) is 0.497. The lowest BCUT2D eigenvalue weighted by Crippen LogP contribution is -2.45. The highest BCUT2D eigenvalue weighted by Crippen LogP contribution is 2.55. The van der Waals surface area contributed by atoms with Gasteiger partial charge in [0.15, 0.2) is 5.79 Å². The van der Waals surface area contributed by atoms with Crippen LogP contribution in [0.5, 0.6) is 0 Å². The molecule has 2 aliphatic heterocycles. The molecule has 15 heavy (non-hydrogen) atoms. The first-order chi connectivity index (χ1) is 7.04. The van der Waals surface area contributed by atoms with Gasteiger partial charge in [-0.1, -0.05) is 0 Å². The van der Waals surface area contributed by atoms with E-state index in [1.807, 2.05) is 25.6 Å². The fraction of sp³-hybridized carbons (Fsp3) is 1.00. The molecule has 0 amide bonds. The molecule has 3 rings (SSSR count). The van der Waals surface area contributed by atoms with Gasteiger partial charge in [0.25, 0.3) is 0 Å². The van der Waals surface area contributed by atoms with Gasteiger partial charge < -0.3 is 14.6 Å². The van der Waals surface area contributed by atoms with E-state index >= 15 is 0 Å². The summed E-state index contributed by atoms with van der Waals surface area (Å²) in [5.41, 5.74) is 0. The molecule has 3 nitrogen and oxygen atoms in total. The minimum Gasteiger partial charge on any atom is -0.392 e. The molecule has 1 N–H and O–H groups in total. The van der Waals surface area contributed by atoms with Crippen LogP contribution in [-0.4, -0.2) is 39.7 Å². The molecular weight excluding hydrogens is 212 g/mol. The Morgan fingerprint density at radius 3 is 2.80 bits per heavy atom. The number of rotatable bonds is 0. The van der Waals surface area contributed by atoms with Crippen molar-refractivity contribution in [1.29, 1.82) is 0 Å². The van der Waals surface area contributed by atoms with Gasteiger partial charge in [-0.2, -0.15) is 0 Å². The van der Waals surface area contributed by atoms with E-state index in [2.05, 4.69) is 0 Å². The Hall–Kier alpha value is 0.230. The molecule has 3 fully saturated rings. The standard InChI is InChI=1S/C11H18O3S/c1-10(2)13-7-6-15-11(9(7)14-10)5-3-4-8(11)12/h7-9,12H,3-6H2,1-2H3/t7-,8+,9-,11+/m0/s1. The molecule has 0 aromatic rings. The highest BCUT2D eigenvalue weighted by molar-refractivity contribution is 8.01. The number of hydrogen-bond donors (Lipinski definition) is 1. The number of ether oxygens (including phenoxy) is 2. The van der Waals surface area contributed by atoms with Crippen LogP contribution >= 0.6 is 11.8 Å². The smallest absolute Gasteiger partial charge is 0.163 e. The topological polar surface area (TPSA) is 38.7 Å². The summed E-state index contributed by atoms with van der Waals surface area (Å²) in [7, 11) is 0. The number of aliphatic hydroxyl groups excluding tert-OH is 1. The molecule has 86 valence electrons.